The number of nitrogens with one attached hydrogen (secondary N) is 1. The van der Waals surface area contributed by atoms with Gasteiger partial charge < -0.3 is 4.90 Å². The van der Waals surface area contributed by atoms with Crippen LogP contribution in [0.15, 0.2) is 71.6 Å². The van der Waals surface area contributed by atoms with Crippen LogP contribution in [0.25, 0.3) is 10.8 Å². The highest BCUT2D eigenvalue weighted by molar-refractivity contribution is 7.89. The molecule has 1 atom stereocenters. The predicted octanol–water partition coefficient (Wildman–Crippen LogP) is 3.58. The number of hydrogen-bond donors (Lipinski definition) is 1. The van der Waals surface area contributed by atoms with Gasteiger partial charge in [-0.2, -0.15) is 0 Å². The van der Waals surface area contributed by atoms with E-state index in [1.165, 1.54) is 0 Å². The summed E-state index contributed by atoms with van der Waals surface area (Å²) in [6.45, 7) is 0.285. The van der Waals surface area contributed by atoms with E-state index in [-0.39, 0.29) is 23.8 Å². The van der Waals surface area contributed by atoms with Crippen LogP contribution in [0.2, 0.25) is 5.02 Å². The van der Waals surface area contributed by atoms with Crippen molar-refractivity contribution in [3.8, 4) is 0 Å². The van der Waals surface area contributed by atoms with Crippen molar-refractivity contribution in [2.75, 3.05) is 11.4 Å². The van der Waals surface area contributed by atoms with Gasteiger partial charge in [0.1, 0.15) is 0 Å². The topological polar surface area (TPSA) is 66.5 Å². The Labute approximate surface area is 162 Å². The molecule has 3 aromatic rings. The third kappa shape index (κ3) is 3.69. The fourth-order valence-electron chi connectivity index (χ4n) is 3.28. The van der Waals surface area contributed by atoms with E-state index in [0.717, 1.165) is 10.8 Å². The second-order valence-electron chi connectivity index (χ2n) is 6.51. The zero-order valence-corrected chi connectivity index (χ0v) is 15.9. The number of carbonyl (C=O) groups is 1. The number of sulfonamides is 1. The molecule has 1 amide bonds. The Morgan fingerprint density at radius 3 is 2.41 bits per heavy atom. The number of benzene rings is 3. The molecular formula is C20H17ClN2O3S. The highest BCUT2D eigenvalue weighted by Crippen LogP contribution is 2.25. The van der Waals surface area contributed by atoms with E-state index in [1.54, 1.807) is 47.4 Å². The lowest BCUT2D eigenvalue weighted by molar-refractivity contribution is -0.117. The fourth-order valence-corrected chi connectivity index (χ4v) is 4.67. The molecule has 0 saturated carbocycles. The molecule has 1 saturated heterocycles. The second kappa shape index (κ2) is 6.96. The van der Waals surface area contributed by atoms with E-state index < -0.39 is 16.1 Å². The van der Waals surface area contributed by atoms with E-state index >= 15 is 0 Å². The molecule has 5 nitrogen and oxygen atoms in total. The van der Waals surface area contributed by atoms with Crippen LogP contribution in [0.5, 0.6) is 0 Å². The summed E-state index contributed by atoms with van der Waals surface area (Å²) in [5.41, 5.74) is 0.705. The minimum absolute atomic E-state index is 0.120. The van der Waals surface area contributed by atoms with E-state index in [9.17, 15) is 13.2 Å². The van der Waals surface area contributed by atoms with Crippen molar-refractivity contribution in [2.24, 2.45) is 0 Å². The maximum Gasteiger partial charge on any atom is 0.240 e. The molecule has 0 aromatic heterocycles. The molecule has 4 rings (SSSR count). The summed E-state index contributed by atoms with van der Waals surface area (Å²) in [5, 5.41) is 2.41. The number of halogens is 1. The van der Waals surface area contributed by atoms with Crippen LogP contribution in [-0.4, -0.2) is 26.9 Å². The maximum absolute atomic E-state index is 12.8. The average Bonchev–Trinajstić information content (AvgIpc) is 3.01. The minimum Gasteiger partial charge on any atom is -0.311 e. The summed E-state index contributed by atoms with van der Waals surface area (Å²) < 4.78 is 28.2. The van der Waals surface area contributed by atoms with Crippen molar-refractivity contribution < 1.29 is 13.2 Å². The summed E-state index contributed by atoms with van der Waals surface area (Å²) >= 11 is 5.88. The van der Waals surface area contributed by atoms with Gasteiger partial charge in [-0.25, -0.2) is 13.1 Å². The maximum atomic E-state index is 12.8. The summed E-state index contributed by atoms with van der Waals surface area (Å²) in [4.78, 5) is 14.1. The van der Waals surface area contributed by atoms with Crippen molar-refractivity contribution in [3.05, 3.63) is 71.8 Å². The van der Waals surface area contributed by atoms with Crippen molar-refractivity contribution in [2.45, 2.75) is 17.4 Å². The smallest absolute Gasteiger partial charge is 0.240 e. The average molecular weight is 401 g/mol. The quantitative estimate of drug-likeness (QED) is 0.727. The van der Waals surface area contributed by atoms with Gasteiger partial charge in [0.2, 0.25) is 15.9 Å². The second-order valence-corrected chi connectivity index (χ2v) is 8.66. The van der Waals surface area contributed by atoms with Crippen LogP contribution in [0.3, 0.4) is 0 Å². The number of carbonyl (C=O) groups excluding carboxylic acids is 1. The van der Waals surface area contributed by atoms with Crippen LogP contribution in [0.1, 0.15) is 6.42 Å². The number of amides is 1. The van der Waals surface area contributed by atoms with E-state index in [4.69, 9.17) is 11.6 Å². The molecule has 0 aliphatic carbocycles. The Hall–Kier alpha value is -2.41. The van der Waals surface area contributed by atoms with E-state index in [0.29, 0.717) is 10.7 Å². The van der Waals surface area contributed by atoms with Crippen LogP contribution in [-0.2, 0) is 14.8 Å². The molecule has 3 aromatic carbocycles. The lowest BCUT2D eigenvalue weighted by Gasteiger charge is -2.17. The van der Waals surface area contributed by atoms with Crippen LogP contribution < -0.4 is 9.62 Å². The first-order valence-electron chi connectivity index (χ1n) is 8.49. The first-order valence-corrected chi connectivity index (χ1v) is 10.4. The van der Waals surface area contributed by atoms with Gasteiger partial charge in [-0.15, -0.1) is 0 Å². The predicted molar refractivity (Wildman–Crippen MR) is 106 cm³/mol. The normalized spacial score (nSPS) is 17.6. The number of hydrogen-bond acceptors (Lipinski definition) is 3. The highest BCUT2D eigenvalue weighted by atomic mass is 35.5. The first kappa shape index (κ1) is 18.0. The third-order valence-electron chi connectivity index (χ3n) is 4.62. The van der Waals surface area contributed by atoms with Crippen molar-refractivity contribution >= 4 is 44.0 Å². The Kier molecular flexibility index (Phi) is 4.63. The first-order chi connectivity index (χ1) is 12.9. The Bertz CT molecular complexity index is 1110. The summed E-state index contributed by atoms with van der Waals surface area (Å²) in [7, 11) is -3.72. The van der Waals surface area contributed by atoms with Crippen molar-refractivity contribution in [1.29, 1.82) is 0 Å². The number of rotatable bonds is 4. The molecule has 27 heavy (non-hydrogen) atoms. The molecule has 1 N–H and O–H groups in total. The Morgan fingerprint density at radius 2 is 1.67 bits per heavy atom. The van der Waals surface area contributed by atoms with Crippen molar-refractivity contribution in [3.63, 3.8) is 0 Å². The number of anilines is 1. The van der Waals surface area contributed by atoms with Gasteiger partial charge in [0, 0.05) is 29.7 Å². The van der Waals surface area contributed by atoms with Gasteiger partial charge in [0.15, 0.2) is 0 Å². The van der Waals surface area contributed by atoms with E-state index in [1.807, 2.05) is 24.3 Å². The van der Waals surface area contributed by atoms with Gasteiger partial charge in [-0.05, 0) is 47.2 Å². The van der Waals surface area contributed by atoms with E-state index in [2.05, 4.69) is 4.72 Å². The molecule has 1 aliphatic heterocycles. The minimum atomic E-state index is -3.72. The molecular weight excluding hydrogens is 384 g/mol. The fraction of sp³-hybridized carbons (Fsp3) is 0.150. The number of fused-ring (bicyclic) bond motifs is 1. The zero-order chi connectivity index (χ0) is 19.0. The zero-order valence-electron chi connectivity index (χ0n) is 14.3. The highest BCUT2D eigenvalue weighted by Gasteiger charge is 2.33. The monoisotopic (exact) mass is 400 g/mol. The lowest BCUT2D eigenvalue weighted by Crippen LogP contribution is -2.37. The summed E-state index contributed by atoms with van der Waals surface area (Å²) in [6.07, 6.45) is 0.120. The van der Waals surface area contributed by atoms with Gasteiger partial charge in [-0.3, -0.25) is 4.79 Å². The SMILES string of the molecule is O=C1C[C@@H](NS(=O)(=O)c2ccc3ccccc3c2)CN1c1ccc(Cl)cc1. The van der Waals surface area contributed by atoms with Gasteiger partial charge in [-0.1, -0.05) is 41.9 Å². The molecule has 1 aliphatic rings. The molecule has 0 unspecified atom stereocenters. The van der Waals surface area contributed by atoms with Gasteiger partial charge >= 0.3 is 0 Å². The molecule has 0 radical (unpaired) electrons. The largest absolute Gasteiger partial charge is 0.311 e. The van der Waals surface area contributed by atoms with Crippen LogP contribution in [0.4, 0.5) is 5.69 Å². The Morgan fingerprint density at radius 1 is 0.963 bits per heavy atom. The lowest BCUT2D eigenvalue weighted by atomic mass is 10.1. The molecule has 1 fully saturated rings. The third-order valence-corrected chi connectivity index (χ3v) is 6.39. The van der Waals surface area contributed by atoms with Gasteiger partial charge in [0.05, 0.1) is 4.90 Å². The van der Waals surface area contributed by atoms with Crippen molar-refractivity contribution in [1.82, 2.24) is 4.72 Å². The van der Waals surface area contributed by atoms with Crippen LogP contribution in [0, 0.1) is 0 Å². The summed E-state index contributed by atoms with van der Waals surface area (Å²) in [6, 6.07) is 19.0. The molecule has 7 heteroatoms. The number of nitrogens with zero attached hydrogens (tertiary/aromatic N) is 1. The van der Waals surface area contributed by atoms with Crippen LogP contribution >= 0.6 is 11.6 Å². The standard InChI is InChI=1S/C20H17ClN2O3S/c21-16-6-8-18(9-7-16)23-13-17(12-20(23)24)22-27(25,26)19-10-5-14-3-1-2-4-15(14)11-19/h1-11,17,22H,12-13H2/t17-/m1/s1. The molecule has 138 valence electrons. The summed E-state index contributed by atoms with van der Waals surface area (Å²) in [5.74, 6) is -0.122. The van der Waals surface area contributed by atoms with Gasteiger partial charge in [0.25, 0.3) is 0 Å². The Balaban J connectivity index is 1.54. The molecule has 0 spiro atoms. The molecule has 1 heterocycles. The molecule has 0 bridgehead atoms.